The minimum atomic E-state index is -4.50. The molecule has 0 aromatic heterocycles. The average Bonchev–Trinajstić information content (AvgIpc) is 3.60. The molecule has 0 amide bonds. The monoisotopic (exact) mass is 1180 g/mol. The van der Waals surface area contributed by atoms with Crippen LogP contribution >= 0.6 is 0 Å². The number of unbranched alkanes of at least 4 members (excludes halogenated alkanes) is 40. The Labute approximate surface area is 529 Å². The minimum absolute atomic E-state index is 0. The Morgan fingerprint density at radius 2 is 0.444 bits per heavy atom. The van der Waals surface area contributed by atoms with Crippen molar-refractivity contribution in [3.05, 3.63) is 82.9 Å². The summed E-state index contributed by atoms with van der Waals surface area (Å²) in [6.45, 7) is 9.07. The Kier molecular flexibility index (Phi) is 45.3. The van der Waals surface area contributed by atoms with E-state index < -0.39 is 20.2 Å². The van der Waals surface area contributed by atoms with E-state index in [1.165, 1.54) is 279 Å². The average molecular weight is 1180 g/mol. The van der Waals surface area contributed by atoms with Crippen LogP contribution in [0.25, 0.3) is 21.5 Å². The van der Waals surface area contributed by atoms with E-state index in [9.17, 15) is 25.9 Å². The van der Waals surface area contributed by atoms with Crippen LogP contribution < -0.4 is 0 Å². The maximum atomic E-state index is 12.0. The van der Waals surface area contributed by atoms with Crippen molar-refractivity contribution in [3.63, 3.8) is 0 Å². The fraction of sp³-hybridized carbons (Fsp3) is 0.722. The first-order chi connectivity index (χ1) is 39.0. The summed E-state index contributed by atoms with van der Waals surface area (Å²) in [5.41, 5.74) is 4.82. The molecule has 0 N–H and O–H groups in total. The van der Waals surface area contributed by atoms with Gasteiger partial charge >= 0.3 is 37.7 Å². The van der Waals surface area contributed by atoms with E-state index in [1.54, 1.807) is 12.1 Å². The third kappa shape index (κ3) is 33.8. The Morgan fingerprint density at radius 1 is 0.259 bits per heavy atom. The standard InChI is InChI=1S/2C36H60O3S.Ca/c2*1-3-5-7-9-11-13-15-17-19-21-23-26-32-28-25-29-34-35(40(37,38)39)31-30-33(36(32)34)27-24-22-20-18-16-14-12-10-8-6-4-2;/h2*25,28-31H,3-24,26-27H2,1-2H3,(H,37,38,39);/q;;+2/p-2. The maximum Gasteiger partial charge on any atom is 2.00 e. The molecule has 4 rings (SSSR count). The molecule has 81 heavy (non-hydrogen) atoms. The smallest absolute Gasteiger partial charge is 0.744 e. The van der Waals surface area contributed by atoms with Gasteiger partial charge in [0.15, 0.2) is 0 Å². The quantitative estimate of drug-likeness (QED) is 0.0247. The SMILES string of the molecule is CCCCCCCCCCCCCc1cccc2c(S(=O)(=O)[O-])ccc(CCCCCCCCCCCCC)c12.CCCCCCCCCCCCCc1cccc2c(S(=O)(=O)[O-])ccc(CCCCCCCCCCCCC)c12.[Ca+2]. The van der Waals surface area contributed by atoms with Crippen molar-refractivity contribution < 1.29 is 25.9 Å². The molecule has 0 heterocycles. The Morgan fingerprint density at radius 3 is 0.642 bits per heavy atom. The zero-order valence-electron chi connectivity index (χ0n) is 52.7. The van der Waals surface area contributed by atoms with E-state index in [4.69, 9.17) is 0 Å². The molecule has 0 aliphatic carbocycles. The molecule has 0 fully saturated rings. The van der Waals surface area contributed by atoms with Gasteiger partial charge in [0, 0.05) is 0 Å². The molecule has 0 bridgehead atoms. The van der Waals surface area contributed by atoms with E-state index in [1.807, 2.05) is 36.4 Å². The minimum Gasteiger partial charge on any atom is -0.744 e. The predicted molar refractivity (Wildman–Crippen MR) is 350 cm³/mol. The molecular weight excluding hydrogens is 1060 g/mol. The van der Waals surface area contributed by atoms with Crippen LogP contribution in [0, 0.1) is 0 Å². The summed E-state index contributed by atoms with van der Waals surface area (Å²) < 4.78 is 72.2. The number of aryl methyl sites for hydroxylation is 4. The molecular formula is C72H118CaO6S2. The van der Waals surface area contributed by atoms with Gasteiger partial charge in [0.05, 0.1) is 9.79 Å². The first-order valence-corrected chi connectivity index (χ1v) is 36.8. The molecule has 456 valence electrons. The second kappa shape index (κ2) is 48.6. The first kappa shape index (κ1) is 75.6. The van der Waals surface area contributed by atoms with Gasteiger partial charge in [-0.05, 0) is 107 Å². The van der Waals surface area contributed by atoms with E-state index in [-0.39, 0.29) is 47.5 Å². The van der Waals surface area contributed by atoms with Crippen molar-refractivity contribution in [2.75, 3.05) is 0 Å². The van der Waals surface area contributed by atoms with Gasteiger partial charge in [0.2, 0.25) is 0 Å². The summed E-state index contributed by atoms with van der Waals surface area (Å²) in [5, 5.41) is 3.30. The van der Waals surface area contributed by atoms with Crippen LogP contribution in [0.1, 0.15) is 332 Å². The van der Waals surface area contributed by atoms with Gasteiger partial charge in [-0.3, -0.25) is 0 Å². The fourth-order valence-electron chi connectivity index (χ4n) is 12.3. The Balaban J connectivity index is 0.000000547. The van der Waals surface area contributed by atoms with Crippen LogP contribution in [0.4, 0.5) is 0 Å². The summed E-state index contributed by atoms with van der Waals surface area (Å²) in [7, 11) is -9.01. The van der Waals surface area contributed by atoms with E-state index in [0.717, 1.165) is 62.1 Å². The number of fused-ring (bicyclic) bond motifs is 2. The van der Waals surface area contributed by atoms with Crippen LogP contribution in [0.2, 0.25) is 0 Å². The van der Waals surface area contributed by atoms with E-state index in [0.29, 0.717) is 10.8 Å². The second-order valence-electron chi connectivity index (χ2n) is 24.2. The van der Waals surface area contributed by atoms with Crippen molar-refractivity contribution in [1.82, 2.24) is 0 Å². The topological polar surface area (TPSA) is 114 Å². The summed E-state index contributed by atoms with van der Waals surface area (Å²) >= 11 is 0. The molecule has 0 radical (unpaired) electrons. The Bertz CT molecular complexity index is 2170. The van der Waals surface area contributed by atoms with Gasteiger partial charge < -0.3 is 9.11 Å². The Hall–Kier alpha value is -1.52. The van der Waals surface area contributed by atoms with Gasteiger partial charge in [-0.2, -0.15) is 0 Å². The third-order valence-corrected chi connectivity index (χ3v) is 18.9. The van der Waals surface area contributed by atoms with Crippen molar-refractivity contribution >= 4 is 79.5 Å². The summed E-state index contributed by atoms with van der Waals surface area (Å²) in [6, 6.07) is 18.7. The fourth-order valence-corrected chi connectivity index (χ4v) is 13.6. The van der Waals surface area contributed by atoms with Crippen molar-refractivity contribution in [2.45, 2.75) is 346 Å². The number of hydrogen-bond acceptors (Lipinski definition) is 6. The number of rotatable bonds is 50. The normalized spacial score (nSPS) is 11.8. The predicted octanol–water partition coefficient (Wildman–Crippen LogP) is 22.5. The molecule has 0 atom stereocenters. The molecule has 0 unspecified atom stereocenters. The van der Waals surface area contributed by atoms with Crippen LogP contribution in [-0.4, -0.2) is 63.7 Å². The van der Waals surface area contributed by atoms with Gasteiger partial charge in [-0.15, -0.1) is 0 Å². The molecule has 0 aliphatic heterocycles. The van der Waals surface area contributed by atoms with Crippen LogP contribution in [-0.2, 0) is 45.9 Å². The van der Waals surface area contributed by atoms with Crippen molar-refractivity contribution in [1.29, 1.82) is 0 Å². The van der Waals surface area contributed by atoms with E-state index >= 15 is 0 Å². The molecule has 4 aromatic rings. The zero-order valence-corrected chi connectivity index (χ0v) is 56.5. The molecule has 6 nitrogen and oxygen atoms in total. The summed E-state index contributed by atoms with van der Waals surface area (Å²) in [4.78, 5) is -0.128. The second-order valence-corrected chi connectivity index (χ2v) is 26.9. The summed E-state index contributed by atoms with van der Waals surface area (Å²) in [5.74, 6) is 0. The third-order valence-electron chi connectivity index (χ3n) is 17.1. The van der Waals surface area contributed by atoms with Gasteiger partial charge in [-0.25, -0.2) is 16.8 Å². The first-order valence-electron chi connectivity index (χ1n) is 34.0. The largest absolute Gasteiger partial charge is 2.00 e. The molecule has 9 heteroatoms. The summed E-state index contributed by atoms with van der Waals surface area (Å²) in [6.07, 6.45) is 61.6. The van der Waals surface area contributed by atoms with Crippen LogP contribution in [0.5, 0.6) is 0 Å². The molecule has 0 aliphatic rings. The van der Waals surface area contributed by atoms with Crippen molar-refractivity contribution in [3.8, 4) is 0 Å². The number of benzene rings is 4. The molecule has 0 spiro atoms. The van der Waals surface area contributed by atoms with Gasteiger partial charge in [0.1, 0.15) is 20.2 Å². The van der Waals surface area contributed by atoms with Gasteiger partial charge in [0.25, 0.3) is 0 Å². The maximum absolute atomic E-state index is 12.0. The van der Waals surface area contributed by atoms with Crippen molar-refractivity contribution in [2.24, 2.45) is 0 Å². The zero-order chi connectivity index (χ0) is 57.8. The van der Waals surface area contributed by atoms with E-state index in [2.05, 4.69) is 39.8 Å². The molecule has 0 saturated heterocycles. The van der Waals surface area contributed by atoms with Crippen LogP contribution in [0.15, 0.2) is 70.5 Å². The number of hydrogen-bond donors (Lipinski definition) is 0. The van der Waals surface area contributed by atoms with Gasteiger partial charge in [-0.1, -0.05) is 333 Å². The molecule has 4 aromatic carbocycles. The molecule has 0 saturated carbocycles. The van der Waals surface area contributed by atoms with Crippen LogP contribution in [0.3, 0.4) is 0 Å².